The van der Waals surface area contributed by atoms with Crippen LogP contribution in [0.3, 0.4) is 0 Å². The highest BCUT2D eigenvalue weighted by molar-refractivity contribution is 6.36. The smallest absolute Gasteiger partial charge is 0.387 e. The lowest BCUT2D eigenvalue weighted by Gasteiger charge is -2.22. The van der Waals surface area contributed by atoms with Crippen LogP contribution in [0.2, 0.25) is 0 Å². The van der Waals surface area contributed by atoms with Gasteiger partial charge in [-0.05, 0) is 49.0 Å². The molecule has 0 spiro atoms. The Kier molecular flexibility index (Phi) is 9.81. The molecule has 2 N–H and O–H groups in total. The molecule has 170 valence electrons. The van der Waals surface area contributed by atoms with Crippen LogP contribution in [0, 0.1) is 5.92 Å². The zero-order valence-electron chi connectivity index (χ0n) is 17.1. The summed E-state index contributed by atoms with van der Waals surface area (Å²) in [7, 11) is 0. The van der Waals surface area contributed by atoms with Gasteiger partial charge in [-0.2, -0.15) is 8.78 Å². The summed E-state index contributed by atoms with van der Waals surface area (Å²) in [4.78, 5) is 12.0. The van der Waals surface area contributed by atoms with E-state index in [1.807, 2.05) is 0 Å². The number of ether oxygens (including phenoxy) is 3. The van der Waals surface area contributed by atoms with Crippen molar-refractivity contribution in [2.24, 2.45) is 11.7 Å². The molecule has 9 heteroatoms. The van der Waals surface area contributed by atoms with E-state index in [9.17, 15) is 13.6 Å². The molecule has 0 amide bonds. The van der Waals surface area contributed by atoms with Gasteiger partial charge in [0.25, 0.3) is 0 Å². The monoisotopic (exact) mass is 475 g/mol. The molecule has 1 aromatic rings. The van der Waals surface area contributed by atoms with E-state index in [0.717, 1.165) is 12.8 Å². The Morgan fingerprint density at radius 1 is 1.32 bits per heavy atom. The van der Waals surface area contributed by atoms with Crippen molar-refractivity contribution in [1.82, 2.24) is 0 Å². The second-order valence-corrected chi connectivity index (χ2v) is 7.71. The van der Waals surface area contributed by atoms with Gasteiger partial charge in [-0.15, -0.1) is 0 Å². The van der Waals surface area contributed by atoms with Crippen LogP contribution < -0.4 is 15.2 Å². The van der Waals surface area contributed by atoms with E-state index in [0.29, 0.717) is 33.7 Å². The predicted molar refractivity (Wildman–Crippen MR) is 116 cm³/mol. The minimum atomic E-state index is -3.01. The third-order valence-corrected chi connectivity index (χ3v) is 5.39. The van der Waals surface area contributed by atoms with Crippen LogP contribution in [0.25, 0.3) is 0 Å². The summed E-state index contributed by atoms with van der Waals surface area (Å²) >= 11 is 12.5. The number of hydrogen-bond donors (Lipinski definition) is 1. The fourth-order valence-electron chi connectivity index (χ4n) is 2.75. The lowest BCUT2D eigenvalue weighted by atomic mass is 9.99. The van der Waals surface area contributed by atoms with Crippen molar-refractivity contribution < 1.29 is 27.8 Å². The fraction of sp³-hybridized carbons (Fsp3) is 0.409. The average molecular weight is 476 g/mol. The summed E-state index contributed by atoms with van der Waals surface area (Å²) in [5.74, 6) is -0.224. The molecule has 1 saturated carbocycles. The van der Waals surface area contributed by atoms with Crippen molar-refractivity contribution in [2.75, 3.05) is 13.2 Å². The topological polar surface area (TPSA) is 70.8 Å². The maximum atomic E-state index is 12.8. The second kappa shape index (κ2) is 12.1. The van der Waals surface area contributed by atoms with E-state index >= 15 is 0 Å². The molecule has 1 aromatic carbocycles. The molecule has 0 aliphatic heterocycles. The first-order valence-electron chi connectivity index (χ1n) is 9.73. The maximum absolute atomic E-state index is 12.8. The molecule has 1 atom stereocenters. The van der Waals surface area contributed by atoms with Crippen LogP contribution in [0.5, 0.6) is 11.5 Å². The highest BCUT2D eigenvalue weighted by Crippen LogP contribution is 2.39. The number of hydrogen-bond acceptors (Lipinski definition) is 5. The van der Waals surface area contributed by atoms with Gasteiger partial charge in [0.05, 0.1) is 13.2 Å². The van der Waals surface area contributed by atoms with Crippen molar-refractivity contribution >= 4 is 29.2 Å². The summed E-state index contributed by atoms with van der Waals surface area (Å²) in [5.41, 5.74) is 6.39. The molecule has 0 saturated heterocycles. The Bertz CT molecular complexity index is 854. The summed E-state index contributed by atoms with van der Waals surface area (Å²) in [6.07, 6.45) is 4.38. The van der Waals surface area contributed by atoms with E-state index in [-0.39, 0.29) is 24.5 Å². The molecule has 0 unspecified atom stereocenters. The molecule has 0 heterocycles. The Labute approximate surface area is 190 Å². The molecule has 1 aliphatic rings. The Morgan fingerprint density at radius 2 is 2.03 bits per heavy atom. The number of rotatable bonds is 12. The van der Waals surface area contributed by atoms with Crippen LogP contribution >= 0.6 is 23.2 Å². The van der Waals surface area contributed by atoms with Crippen molar-refractivity contribution in [3.63, 3.8) is 0 Å². The van der Waals surface area contributed by atoms with Gasteiger partial charge in [-0.25, -0.2) is 0 Å². The largest absolute Gasteiger partial charge is 0.489 e. The van der Waals surface area contributed by atoms with Gasteiger partial charge in [0.15, 0.2) is 11.5 Å². The fourth-order valence-corrected chi connectivity index (χ4v) is 3.16. The van der Waals surface area contributed by atoms with Crippen LogP contribution in [0.4, 0.5) is 8.78 Å². The summed E-state index contributed by atoms with van der Waals surface area (Å²) < 4.78 is 41.4. The van der Waals surface area contributed by atoms with Gasteiger partial charge in [0.1, 0.15) is 6.10 Å². The first-order valence-corrected chi connectivity index (χ1v) is 10.5. The average Bonchev–Trinajstić information content (AvgIpc) is 3.58. The third-order valence-electron chi connectivity index (χ3n) is 4.57. The quantitative estimate of drug-likeness (QED) is 0.304. The van der Waals surface area contributed by atoms with Crippen molar-refractivity contribution in [3.05, 3.63) is 58.1 Å². The number of carbonyl (C=O) groups is 1. The lowest BCUT2D eigenvalue weighted by Crippen LogP contribution is -2.20. The molecule has 0 aromatic heterocycles. The Balaban J connectivity index is 2.42. The highest BCUT2D eigenvalue weighted by atomic mass is 35.5. The minimum Gasteiger partial charge on any atom is -0.489 e. The minimum absolute atomic E-state index is 0.102. The number of halogens is 4. The Morgan fingerprint density at radius 3 is 2.58 bits per heavy atom. The first-order chi connectivity index (χ1) is 14.8. The zero-order valence-corrected chi connectivity index (χ0v) is 18.6. The SMILES string of the molecule is C=C/C(Cl)=C(C[C@H](OC(=O)CN)c1ccc(OC(F)F)c(OCC2CC2)c1)\C(Cl)=C/C. The standard InChI is InChI=1S/C22H25Cl2F2NO4/c1-3-16(23)15(17(24)4-2)10-19(30-21(28)11-27)14-7-8-18(31-22(25)26)20(9-14)29-12-13-5-6-13/h3-4,7-9,13,19,22H,1,5-6,10-12,27H2,2H3/b16-15+,17-4+/t19-/m0/s1. The first kappa shape index (κ1) is 25.2. The molecule has 2 rings (SSSR count). The van der Waals surface area contributed by atoms with Gasteiger partial charge in [0, 0.05) is 16.5 Å². The van der Waals surface area contributed by atoms with E-state index in [4.69, 9.17) is 38.4 Å². The molecule has 0 radical (unpaired) electrons. The van der Waals surface area contributed by atoms with Crippen LogP contribution in [0.1, 0.15) is 37.9 Å². The van der Waals surface area contributed by atoms with Gasteiger partial charge < -0.3 is 19.9 Å². The van der Waals surface area contributed by atoms with Crippen molar-refractivity contribution in [3.8, 4) is 11.5 Å². The third kappa shape index (κ3) is 7.83. The van der Waals surface area contributed by atoms with Crippen LogP contribution in [0.15, 0.2) is 52.6 Å². The summed E-state index contributed by atoms with van der Waals surface area (Å²) in [5, 5.41) is 0.654. The second-order valence-electron chi connectivity index (χ2n) is 6.89. The van der Waals surface area contributed by atoms with Gasteiger partial charge in [-0.1, -0.05) is 48.0 Å². The zero-order chi connectivity index (χ0) is 23.0. The molecule has 5 nitrogen and oxygen atoms in total. The van der Waals surface area contributed by atoms with Crippen LogP contribution in [-0.2, 0) is 9.53 Å². The molecular formula is C22H25Cl2F2NO4. The molecule has 1 fully saturated rings. The molecule has 31 heavy (non-hydrogen) atoms. The van der Waals surface area contributed by atoms with E-state index in [1.54, 1.807) is 13.0 Å². The maximum Gasteiger partial charge on any atom is 0.387 e. The number of esters is 1. The number of allylic oxidation sites excluding steroid dienone is 4. The molecule has 0 bridgehead atoms. The number of carbonyl (C=O) groups excluding carboxylic acids is 1. The summed E-state index contributed by atoms with van der Waals surface area (Å²) in [6, 6.07) is 4.37. The predicted octanol–water partition coefficient (Wildman–Crippen LogP) is 5.83. The number of benzene rings is 1. The molecular weight excluding hydrogens is 451 g/mol. The number of nitrogens with two attached hydrogens (primary N) is 1. The Hall–Kier alpha value is -2.09. The highest BCUT2D eigenvalue weighted by Gasteiger charge is 2.25. The lowest BCUT2D eigenvalue weighted by molar-refractivity contribution is -0.147. The molecule has 1 aliphatic carbocycles. The van der Waals surface area contributed by atoms with Crippen LogP contribution in [-0.4, -0.2) is 25.7 Å². The van der Waals surface area contributed by atoms with Crippen molar-refractivity contribution in [2.45, 2.75) is 38.9 Å². The normalized spacial score (nSPS) is 15.9. The van der Waals surface area contributed by atoms with Gasteiger partial charge >= 0.3 is 12.6 Å². The van der Waals surface area contributed by atoms with Gasteiger partial charge in [-0.3, -0.25) is 4.79 Å². The van der Waals surface area contributed by atoms with Gasteiger partial charge in [0.2, 0.25) is 0 Å². The van der Waals surface area contributed by atoms with Crippen molar-refractivity contribution in [1.29, 1.82) is 0 Å². The summed E-state index contributed by atoms with van der Waals surface area (Å²) in [6.45, 7) is 2.42. The van der Waals surface area contributed by atoms with E-state index in [2.05, 4.69) is 11.3 Å². The number of alkyl halides is 2. The van der Waals surface area contributed by atoms with E-state index in [1.165, 1.54) is 24.3 Å². The van der Waals surface area contributed by atoms with E-state index < -0.39 is 18.7 Å².